The van der Waals surface area contributed by atoms with E-state index < -0.39 is 0 Å². The lowest BCUT2D eigenvalue weighted by Gasteiger charge is -2.19. The molecule has 0 atom stereocenters. The third-order valence-electron chi connectivity index (χ3n) is 4.35. The van der Waals surface area contributed by atoms with Crippen molar-refractivity contribution in [3.05, 3.63) is 71.5 Å². The highest BCUT2D eigenvalue weighted by Crippen LogP contribution is 2.22. The van der Waals surface area contributed by atoms with E-state index in [2.05, 4.69) is 43.1 Å². The molecule has 0 saturated heterocycles. The normalized spacial score (nSPS) is 10.8. The molecule has 0 amide bonds. The number of carbonyl (C=O) groups is 1. The standard InChI is InChI=1S/C20H22N2O2/c1-4-15-8-10-16(11-9-15)21(2)14-17-13-18(20(23)24-3)19-7-5-6-12-22(17)19/h5-13H,4,14H2,1-3H3. The largest absolute Gasteiger partial charge is 0.465 e. The van der Waals surface area contributed by atoms with E-state index in [1.807, 2.05) is 34.9 Å². The number of hydrogen-bond donors (Lipinski definition) is 0. The third-order valence-corrected chi connectivity index (χ3v) is 4.35. The second-order valence-electron chi connectivity index (χ2n) is 5.87. The van der Waals surface area contributed by atoms with Crippen molar-refractivity contribution in [3.8, 4) is 0 Å². The molecule has 4 nitrogen and oxygen atoms in total. The lowest BCUT2D eigenvalue weighted by Crippen LogP contribution is -2.17. The quantitative estimate of drug-likeness (QED) is 0.668. The number of nitrogens with zero attached hydrogens (tertiary/aromatic N) is 2. The third kappa shape index (κ3) is 3.00. The molecule has 0 N–H and O–H groups in total. The summed E-state index contributed by atoms with van der Waals surface area (Å²) in [6.07, 6.45) is 3.01. The number of methoxy groups -OCH3 is 1. The smallest absolute Gasteiger partial charge is 0.340 e. The minimum atomic E-state index is -0.306. The van der Waals surface area contributed by atoms with Gasteiger partial charge in [0.2, 0.25) is 0 Å². The van der Waals surface area contributed by atoms with E-state index in [9.17, 15) is 4.79 Å². The van der Waals surface area contributed by atoms with Gasteiger partial charge in [-0.25, -0.2) is 4.79 Å². The molecular formula is C20H22N2O2. The van der Waals surface area contributed by atoms with E-state index in [4.69, 9.17) is 4.74 Å². The van der Waals surface area contributed by atoms with Gasteiger partial charge in [0, 0.05) is 24.6 Å². The topological polar surface area (TPSA) is 34.0 Å². The summed E-state index contributed by atoms with van der Waals surface area (Å²) in [6.45, 7) is 2.85. The number of esters is 1. The number of anilines is 1. The summed E-state index contributed by atoms with van der Waals surface area (Å²) in [5.74, 6) is -0.306. The van der Waals surface area contributed by atoms with Gasteiger partial charge in [0.15, 0.2) is 0 Å². The Morgan fingerprint density at radius 3 is 2.58 bits per heavy atom. The Kier molecular flexibility index (Phi) is 4.56. The zero-order chi connectivity index (χ0) is 17.1. The number of pyridine rings is 1. The van der Waals surface area contributed by atoms with Crippen LogP contribution in [0.4, 0.5) is 5.69 Å². The van der Waals surface area contributed by atoms with Gasteiger partial charge in [-0.15, -0.1) is 0 Å². The van der Waals surface area contributed by atoms with Gasteiger partial charge in [-0.1, -0.05) is 25.1 Å². The van der Waals surface area contributed by atoms with Crippen molar-refractivity contribution in [3.63, 3.8) is 0 Å². The van der Waals surface area contributed by atoms with Gasteiger partial charge in [-0.3, -0.25) is 0 Å². The molecule has 4 heteroatoms. The lowest BCUT2D eigenvalue weighted by molar-refractivity contribution is 0.0603. The number of aromatic nitrogens is 1. The predicted molar refractivity (Wildman–Crippen MR) is 96.7 cm³/mol. The zero-order valence-electron chi connectivity index (χ0n) is 14.3. The lowest BCUT2D eigenvalue weighted by atomic mass is 10.1. The number of benzene rings is 1. The summed E-state index contributed by atoms with van der Waals surface area (Å²) in [7, 11) is 3.47. The van der Waals surface area contributed by atoms with Crippen molar-refractivity contribution >= 4 is 17.2 Å². The maximum absolute atomic E-state index is 12.0. The highest BCUT2D eigenvalue weighted by Gasteiger charge is 2.16. The molecule has 0 fully saturated rings. The van der Waals surface area contributed by atoms with Gasteiger partial charge in [-0.05, 0) is 42.3 Å². The van der Waals surface area contributed by atoms with Crippen LogP contribution in [0.1, 0.15) is 28.5 Å². The molecule has 3 aromatic rings. The molecule has 0 aliphatic heterocycles. The van der Waals surface area contributed by atoms with Crippen molar-refractivity contribution in [2.45, 2.75) is 19.9 Å². The summed E-state index contributed by atoms with van der Waals surface area (Å²) in [5.41, 5.74) is 5.00. The summed E-state index contributed by atoms with van der Waals surface area (Å²) >= 11 is 0. The molecule has 0 bridgehead atoms. The van der Waals surface area contributed by atoms with Gasteiger partial charge >= 0.3 is 5.97 Å². The minimum absolute atomic E-state index is 0.306. The fourth-order valence-electron chi connectivity index (χ4n) is 2.94. The first-order valence-electron chi connectivity index (χ1n) is 8.11. The Morgan fingerprint density at radius 1 is 1.17 bits per heavy atom. The van der Waals surface area contributed by atoms with Gasteiger partial charge in [-0.2, -0.15) is 0 Å². The maximum Gasteiger partial charge on any atom is 0.340 e. The Morgan fingerprint density at radius 2 is 1.92 bits per heavy atom. The second kappa shape index (κ2) is 6.79. The van der Waals surface area contributed by atoms with Crippen LogP contribution in [0.3, 0.4) is 0 Å². The average Bonchev–Trinajstić information content (AvgIpc) is 3.00. The van der Waals surface area contributed by atoms with Gasteiger partial charge < -0.3 is 14.0 Å². The average molecular weight is 322 g/mol. The van der Waals surface area contributed by atoms with Crippen molar-refractivity contribution < 1.29 is 9.53 Å². The van der Waals surface area contributed by atoms with Crippen LogP contribution >= 0.6 is 0 Å². The molecular weight excluding hydrogens is 300 g/mol. The number of hydrogen-bond acceptors (Lipinski definition) is 3. The molecule has 0 spiro atoms. The van der Waals surface area contributed by atoms with E-state index in [1.165, 1.54) is 12.7 Å². The number of fused-ring (bicyclic) bond motifs is 1. The first-order chi connectivity index (χ1) is 11.6. The fraction of sp³-hybridized carbons (Fsp3) is 0.250. The Hall–Kier alpha value is -2.75. The van der Waals surface area contributed by atoms with Crippen LogP contribution in [0.2, 0.25) is 0 Å². The highest BCUT2D eigenvalue weighted by molar-refractivity contribution is 5.97. The van der Waals surface area contributed by atoms with Crippen molar-refractivity contribution in [2.24, 2.45) is 0 Å². The van der Waals surface area contributed by atoms with Crippen LogP contribution < -0.4 is 4.90 Å². The molecule has 2 aromatic heterocycles. The van der Waals surface area contributed by atoms with Gasteiger partial charge in [0.05, 0.1) is 24.7 Å². The van der Waals surface area contributed by atoms with Crippen LogP contribution in [-0.4, -0.2) is 24.5 Å². The molecule has 3 rings (SSSR count). The summed E-state index contributed by atoms with van der Waals surface area (Å²) in [5, 5.41) is 0. The summed E-state index contributed by atoms with van der Waals surface area (Å²) in [4.78, 5) is 14.2. The molecule has 0 aliphatic carbocycles. The van der Waals surface area contributed by atoms with Crippen LogP contribution in [0.5, 0.6) is 0 Å². The second-order valence-corrected chi connectivity index (χ2v) is 5.87. The number of ether oxygens (including phenoxy) is 1. The van der Waals surface area contributed by atoms with Crippen molar-refractivity contribution in [2.75, 3.05) is 19.1 Å². The SMILES string of the molecule is CCc1ccc(N(C)Cc2cc(C(=O)OC)c3ccccn23)cc1. The predicted octanol–water partition coefficient (Wildman–Crippen LogP) is 3.92. The molecule has 24 heavy (non-hydrogen) atoms. The Bertz CT molecular complexity index is 850. The van der Waals surface area contributed by atoms with Crippen LogP contribution in [0.15, 0.2) is 54.7 Å². The van der Waals surface area contributed by atoms with E-state index >= 15 is 0 Å². The summed E-state index contributed by atoms with van der Waals surface area (Å²) < 4.78 is 6.95. The van der Waals surface area contributed by atoms with Gasteiger partial charge in [0.25, 0.3) is 0 Å². The monoisotopic (exact) mass is 322 g/mol. The molecule has 124 valence electrons. The molecule has 0 radical (unpaired) electrons. The van der Waals surface area contributed by atoms with Crippen LogP contribution in [0, 0.1) is 0 Å². The Labute approximate surface area is 142 Å². The van der Waals surface area contributed by atoms with E-state index in [0.717, 1.165) is 23.3 Å². The van der Waals surface area contributed by atoms with Gasteiger partial charge in [0.1, 0.15) is 0 Å². The van der Waals surface area contributed by atoms with Crippen molar-refractivity contribution in [1.82, 2.24) is 4.40 Å². The molecule has 1 aromatic carbocycles. The highest BCUT2D eigenvalue weighted by atomic mass is 16.5. The van der Waals surface area contributed by atoms with Crippen LogP contribution in [0.25, 0.3) is 5.52 Å². The molecule has 0 aliphatic rings. The fourth-order valence-corrected chi connectivity index (χ4v) is 2.94. The number of carbonyl (C=O) groups excluding carboxylic acids is 1. The summed E-state index contributed by atoms with van der Waals surface area (Å²) in [6, 6.07) is 16.3. The first kappa shape index (κ1) is 16.1. The van der Waals surface area contributed by atoms with E-state index in [0.29, 0.717) is 12.1 Å². The number of rotatable bonds is 5. The molecule has 2 heterocycles. The number of aryl methyl sites for hydroxylation is 1. The van der Waals surface area contributed by atoms with Crippen molar-refractivity contribution in [1.29, 1.82) is 0 Å². The zero-order valence-corrected chi connectivity index (χ0v) is 14.3. The van der Waals surface area contributed by atoms with E-state index in [-0.39, 0.29) is 5.97 Å². The Balaban J connectivity index is 1.92. The first-order valence-corrected chi connectivity index (χ1v) is 8.11. The molecule has 0 saturated carbocycles. The minimum Gasteiger partial charge on any atom is -0.465 e. The maximum atomic E-state index is 12.0. The van der Waals surface area contributed by atoms with E-state index in [1.54, 1.807) is 0 Å². The van der Waals surface area contributed by atoms with Crippen LogP contribution in [-0.2, 0) is 17.7 Å². The molecule has 0 unspecified atom stereocenters.